The van der Waals surface area contributed by atoms with Crippen LogP contribution in [0.4, 0.5) is 11.4 Å². The van der Waals surface area contributed by atoms with Gasteiger partial charge >= 0.3 is 0 Å². The van der Waals surface area contributed by atoms with E-state index in [1.165, 1.54) is 33.8 Å². The van der Waals surface area contributed by atoms with Gasteiger partial charge in [0.15, 0.2) is 0 Å². The van der Waals surface area contributed by atoms with Crippen LogP contribution < -0.4 is 4.90 Å². The van der Waals surface area contributed by atoms with E-state index in [-0.39, 0.29) is 24.0 Å². The first-order valence-corrected chi connectivity index (χ1v) is 10.7. The number of nitro groups is 1. The summed E-state index contributed by atoms with van der Waals surface area (Å²) in [6, 6.07) is 12.1. The maximum absolute atomic E-state index is 13.1. The van der Waals surface area contributed by atoms with Crippen LogP contribution in [0.5, 0.6) is 0 Å². The molecule has 0 atom stereocenters. The molecule has 8 heteroatoms. The van der Waals surface area contributed by atoms with Gasteiger partial charge < -0.3 is 9.80 Å². The molecule has 1 fully saturated rings. The highest BCUT2D eigenvalue weighted by Crippen LogP contribution is 2.33. The third-order valence-electron chi connectivity index (χ3n) is 6.34. The van der Waals surface area contributed by atoms with Gasteiger partial charge in [-0.1, -0.05) is 12.1 Å². The third-order valence-corrected chi connectivity index (χ3v) is 6.34. The van der Waals surface area contributed by atoms with Crippen LogP contribution in [0.15, 0.2) is 48.2 Å². The molecule has 2 amide bonds. The van der Waals surface area contributed by atoms with E-state index in [9.17, 15) is 19.7 Å². The Balaban J connectivity index is 1.64. The number of aryl methyl sites for hydroxylation is 1. The van der Waals surface area contributed by atoms with E-state index >= 15 is 0 Å². The van der Waals surface area contributed by atoms with Gasteiger partial charge in [0.2, 0.25) is 0 Å². The first kappa shape index (κ1) is 21.5. The van der Waals surface area contributed by atoms with Crippen molar-refractivity contribution in [2.75, 3.05) is 37.6 Å². The van der Waals surface area contributed by atoms with Crippen molar-refractivity contribution in [3.05, 3.63) is 75.0 Å². The molecule has 2 aliphatic heterocycles. The Morgan fingerprint density at radius 3 is 2.12 bits per heavy atom. The molecule has 0 aromatic heterocycles. The predicted octanol–water partition coefficient (Wildman–Crippen LogP) is 3.13. The third kappa shape index (κ3) is 3.62. The first-order valence-electron chi connectivity index (χ1n) is 10.7. The highest BCUT2D eigenvalue weighted by atomic mass is 16.6. The number of carbonyl (C=O) groups is 2. The quantitative estimate of drug-likeness (QED) is 0.408. The van der Waals surface area contributed by atoms with Gasteiger partial charge in [-0.05, 0) is 55.7 Å². The molecular formula is C24H26N4O4. The summed E-state index contributed by atoms with van der Waals surface area (Å²) < 4.78 is 0. The van der Waals surface area contributed by atoms with E-state index in [1.54, 1.807) is 19.1 Å². The van der Waals surface area contributed by atoms with Crippen LogP contribution in [0.2, 0.25) is 0 Å². The number of anilines is 1. The fraction of sp³-hybridized carbons (Fsp3) is 0.333. The molecule has 0 saturated carbocycles. The number of amides is 2. The molecule has 4 rings (SSSR count). The molecule has 2 aromatic rings. The molecule has 0 unspecified atom stereocenters. The number of hydrogen-bond donors (Lipinski definition) is 0. The predicted molar refractivity (Wildman–Crippen MR) is 122 cm³/mol. The lowest BCUT2D eigenvalue weighted by Gasteiger charge is -2.38. The monoisotopic (exact) mass is 434 g/mol. The lowest BCUT2D eigenvalue weighted by Crippen LogP contribution is -2.47. The van der Waals surface area contributed by atoms with Crippen molar-refractivity contribution < 1.29 is 14.5 Å². The molecule has 8 nitrogen and oxygen atoms in total. The highest BCUT2D eigenvalue weighted by molar-refractivity contribution is 6.35. The normalized spacial score (nSPS) is 16.9. The summed E-state index contributed by atoms with van der Waals surface area (Å²) in [5.74, 6) is -0.649. The van der Waals surface area contributed by atoms with Crippen molar-refractivity contribution in [3.63, 3.8) is 0 Å². The van der Waals surface area contributed by atoms with Crippen LogP contribution >= 0.6 is 0 Å². The van der Waals surface area contributed by atoms with Crippen LogP contribution in [0.3, 0.4) is 0 Å². The number of rotatable bonds is 5. The van der Waals surface area contributed by atoms with E-state index in [0.29, 0.717) is 29.9 Å². The number of piperazine rings is 1. The zero-order valence-corrected chi connectivity index (χ0v) is 18.5. The number of hydrogen-bond acceptors (Lipinski definition) is 6. The van der Waals surface area contributed by atoms with E-state index in [4.69, 9.17) is 0 Å². The van der Waals surface area contributed by atoms with Gasteiger partial charge in [0, 0.05) is 50.5 Å². The second-order valence-electron chi connectivity index (χ2n) is 8.08. The van der Waals surface area contributed by atoms with Crippen LogP contribution in [0, 0.1) is 24.0 Å². The molecule has 32 heavy (non-hydrogen) atoms. The van der Waals surface area contributed by atoms with Crippen molar-refractivity contribution in [1.29, 1.82) is 0 Å². The Bertz CT molecular complexity index is 1120. The summed E-state index contributed by atoms with van der Waals surface area (Å²) in [5.41, 5.74) is 4.87. The largest absolute Gasteiger partial charge is 0.368 e. The molecule has 2 aromatic carbocycles. The zero-order chi connectivity index (χ0) is 23.0. The molecular weight excluding hydrogens is 408 g/mol. The second kappa shape index (κ2) is 8.45. The minimum absolute atomic E-state index is 0.0536. The summed E-state index contributed by atoms with van der Waals surface area (Å²) in [6.45, 7) is 8.93. The lowest BCUT2D eigenvalue weighted by molar-refractivity contribution is -0.384. The number of nitro benzene ring substituents is 1. The number of nitrogens with zero attached hydrogens (tertiary/aromatic N) is 4. The minimum Gasteiger partial charge on any atom is -0.368 e. The Morgan fingerprint density at radius 2 is 1.53 bits per heavy atom. The van der Waals surface area contributed by atoms with Gasteiger partial charge in [-0.25, -0.2) is 0 Å². The SMILES string of the molecule is CCN1C(=O)C(c2ccc([N+](=O)[O-])cc2)=C(N2CCN(c3cccc(C)c3C)CC2)C1=O. The van der Waals surface area contributed by atoms with Gasteiger partial charge in [-0.3, -0.25) is 24.6 Å². The number of likely N-dealkylation sites (N-methyl/N-ethyl adjacent to an activating group) is 1. The van der Waals surface area contributed by atoms with Gasteiger partial charge in [0.1, 0.15) is 5.70 Å². The highest BCUT2D eigenvalue weighted by Gasteiger charge is 2.41. The average molecular weight is 434 g/mol. The Kier molecular flexibility index (Phi) is 5.69. The zero-order valence-electron chi connectivity index (χ0n) is 18.5. The standard InChI is InChI=1S/C24H26N4O4/c1-4-27-23(29)21(18-8-10-19(11-9-18)28(31)32)22(24(27)30)26-14-12-25(13-15-26)20-7-5-6-16(2)17(20)3/h5-11H,4,12-15H2,1-3H3. The summed E-state index contributed by atoms with van der Waals surface area (Å²) in [6.07, 6.45) is 0. The molecule has 0 radical (unpaired) electrons. The van der Waals surface area contributed by atoms with Crippen LogP contribution in [0.25, 0.3) is 5.57 Å². The van der Waals surface area contributed by atoms with Crippen molar-refractivity contribution in [2.24, 2.45) is 0 Å². The molecule has 166 valence electrons. The molecule has 0 N–H and O–H groups in total. The average Bonchev–Trinajstić information content (AvgIpc) is 3.05. The number of imide groups is 1. The maximum atomic E-state index is 13.1. The molecule has 1 saturated heterocycles. The maximum Gasteiger partial charge on any atom is 0.277 e. The molecule has 0 aliphatic carbocycles. The number of benzene rings is 2. The number of carbonyl (C=O) groups excluding carboxylic acids is 2. The van der Waals surface area contributed by atoms with E-state index < -0.39 is 4.92 Å². The molecule has 2 heterocycles. The minimum atomic E-state index is -0.481. The van der Waals surface area contributed by atoms with Crippen LogP contribution in [-0.2, 0) is 9.59 Å². The van der Waals surface area contributed by atoms with Crippen molar-refractivity contribution in [3.8, 4) is 0 Å². The molecule has 0 bridgehead atoms. The smallest absolute Gasteiger partial charge is 0.277 e. The second-order valence-corrected chi connectivity index (χ2v) is 8.08. The van der Waals surface area contributed by atoms with E-state index in [2.05, 4.69) is 36.9 Å². The van der Waals surface area contributed by atoms with Crippen molar-refractivity contribution in [2.45, 2.75) is 20.8 Å². The molecule has 2 aliphatic rings. The van der Waals surface area contributed by atoms with Gasteiger partial charge in [-0.15, -0.1) is 0 Å². The Hall–Kier alpha value is -3.68. The summed E-state index contributed by atoms with van der Waals surface area (Å²) >= 11 is 0. The Morgan fingerprint density at radius 1 is 0.906 bits per heavy atom. The Labute approximate surface area is 186 Å². The number of non-ortho nitro benzene ring substituents is 1. The van der Waals surface area contributed by atoms with Crippen LogP contribution in [0.1, 0.15) is 23.6 Å². The molecule has 0 spiro atoms. The lowest BCUT2D eigenvalue weighted by atomic mass is 10.0. The van der Waals surface area contributed by atoms with Crippen molar-refractivity contribution >= 4 is 28.8 Å². The topological polar surface area (TPSA) is 87.0 Å². The van der Waals surface area contributed by atoms with Gasteiger partial charge in [-0.2, -0.15) is 0 Å². The van der Waals surface area contributed by atoms with Gasteiger partial charge in [0.25, 0.3) is 17.5 Å². The first-order chi connectivity index (χ1) is 15.3. The summed E-state index contributed by atoms with van der Waals surface area (Å²) in [4.78, 5) is 42.3. The summed E-state index contributed by atoms with van der Waals surface area (Å²) in [7, 11) is 0. The van der Waals surface area contributed by atoms with Gasteiger partial charge in [0.05, 0.1) is 10.5 Å². The van der Waals surface area contributed by atoms with Crippen LogP contribution in [-0.4, -0.2) is 59.3 Å². The van der Waals surface area contributed by atoms with Crippen molar-refractivity contribution in [1.82, 2.24) is 9.80 Å². The fourth-order valence-corrected chi connectivity index (χ4v) is 4.40. The summed E-state index contributed by atoms with van der Waals surface area (Å²) in [5, 5.41) is 11.0. The van der Waals surface area contributed by atoms with E-state index in [0.717, 1.165) is 13.1 Å². The fourth-order valence-electron chi connectivity index (χ4n) is 4.40. The van der Waals surface area contributed by atoms with E-state index in [1.807, 2.05) is 4.90 Å².